The summed E-state index contributed by atoms with van der Waals surface area (Å²) in [6.45, 7) is 0.137. The van der Waals surface area contributed by atoms with E-state index >= 15 is 0 Å². The average molecular weight is 757 g/mol. The molecule has 0 spiro atoms. The smallest absolute Gasteiger partial charge is 0.418 e. The first-order valence-corrected chi connectivity index (χ1v) is 20.0. The van der Waals surface area contributed by atoms with Crippen molar-refractivity contribution in [2.24, 2.45) is 0 Å². The highest BCUT2D eigenvalue weighted by atomic mass is 31.2. The molecule has 0 saturated heterocycles. The predicted octanol–water partition coefficient (Wildman–Crippen LogP) is 14.0. The number of para-hydroxylation sites is 1. The molecule has 0 amide bonds. The summed E-state index contributed by atoms with van der Waals surface area (Å²) in [5, 5.41) is 8.71. The molecule has 0 heterocycles. The summed E-state index contributed by atoms with van der Waals surface area (Å²) in [5.74, 6) is 3.12. The van der Waals surface area contributed by atoms with E-state index in [0.29, 0.717) is 28.7 Å². The van der Waals surface area contributed by atoms with Gasteiger partial charge < -0.3 is 22.6 Å². The van der Waals surface area contributed by atoms with Crippen LogP contribution < -0.4 is 22.6 Å². The minimum absolute atomic E-state index is 0.137. The number of rotatable bonds is 13. The number of benzene rings is 9. The maximum atomic E-state index is 6.61. The van der Waals surface area contributed by atoms with Gasteiger partial charge in [-0.2, -0.15) is 0 Å². The molecule has 9 aromatic rings. The topological polar surface area (TPSA) is 55.4 Å². The number of hydrogen-bond acceptors (Lipinski definition) is 6. The Hall–Kier alpha value is -6.16. The Morgan fingerprint density at radius 2 is 0.618 bits per heavy atom. The van der Waals surface area contributed by atoms with Gasteiger partial charge in [-0.25, -0.2) is 0 Å². The molecule has 9 rings (SSSR count). The summed E-state index contributed by atoms with van der Waals surface area (Å²) in [7, 11) is -3.88. The molecule has 0 N–H and O–H groups in total. The Balaban J connectivity index is 0.989. The van der Waals surface area contributed by atoms with E-state index in [2.05, 4.69) is 48.5 Å². The van der Waals surface area contributed by atoms with Crippen LogP contribution in [0, 0.1) is 0 Å². The molecule has 0 aromatic heterocycles. The van der Waals surface area contributed by atoms with Crippen LogP contribution in [0.25, 0.3) is 43.1 Å². The predicted molar refractivity (Wildman–Crippen MR) is 224 cm³/mol. The highest BCUT2D eigenvalue weighted by molar-refractivity contribution is 7.43. The molecule has 55 heavy (non-hydrogen) atoms. The molecule has 0 atom stereocenters. The third kappa shape index (κ3) is 8.33. The minimum atomic E-state index is -1.97. The van der Waals surface area contributed by atoms with Gasteiger partial charge in [0.05, 0.1) is 6.61 Å². The SMILES string of the molecule is c1ccc(OP(Oc2ccc3ccccc3c2)Oc2ccc3ccccc3c2)c(COP(Oc2ccc3ccccc3c2)Oc2ccc3ccccc3c2)c1. The van der Waals surface area contributed by atoms with E-state index in [1.807, 2.05) is 146 Å². The monoisotopic (exact) mass is 756 g/mol. The first-order valence-electron chi connectivity index (χ1n) is 17.8. The third-order valence-corrected chi connectivity index (χ3v) is 11.2. The summed E-state index contributed by atoms with van der Waals surface area (Å²) < 4.78 is 38.9. The molecular weight excluding hydrogens is 722 g/mol. The van der Waals surface area contributed by atoms with Gasteiger partial charge in [-0.15, -0.1) is 0 Å². The van der Waals surface area contributed by atoms with Crippen molar-refractivity contribution in [1.82, 2.24) is 0 Å². The highest BCUT2D eigenvalue weighted by Gasteiger charge is 2.24. The van der Waals surface area contributed by atoms with Crippen LogP contribution in [-0.2, 0) is 11.1 Å². The molecule has 0 fully saturated rings. The molecule has 0 aliphatic heterocycles. The van der Waals surface area contributed by atoms with Gasteiger partial charge in [0.15, 0.2) is 0 Å². The molecular formula is C47H34O6P2. The van der Waals surface area contributed by atoms with Gasteiger partial charge in [0, 0.05) is 5.56 Å². The highest BCUT2D eigenvalue weighted by Crippen LogP contribution is 2.47. The molecule has 6 nitrogen and oxygen atoms in total. The van der Waals surface area contributed by atoms with E-state index in [9.17, 15) is 0 Å². The van der Waals surface area contributed by atoms with Crippen LogP contribution in [0.2, 0.25) is 0 Å². The lowest BCUT2D eigenvalue weighted by Crippen LogP contribution is -2.05. The van der Waals surface area contributed by atoms with Gasteiger partial charge in [0.2, 0.25) is 0 Å². The van der Waals surface area contributed by atoms with E-state index in [4.69, 9.17) is 27.1 Å². The first-order chi connectivity index (χ1) is 27.2. The first kappa shape index (κ1) is 34.6. The average Bonchev–Trinajstić information content (AvgIpc) is 3.23. The summed E-state index contributed by atoms with van der Waals surface area (Å²) in [6.07, 6.45) is 0. The second-order valence-electron chi connectivity index (χ2n) is 12.8. The van der Waals surface area contributed by atoms with E-state index in [0.717, 1.165) is 48.7 Å². The fourth-order valence-electron chi connectivity index (χ4n) is 6.28. The van der Waals surface area contributed by atoms with Gasteiger partial charge in [-0.1, -0.05) is 140 Å². The van der Waals surface area contributed by atoms with Crippen LogP contribution in [-0.4, -0.2) is 0 Å². The van der Waals surface area contributed by atoms with Gasteiger partial charge >= 0.3 is 17.2 Å². The van der Waals surface area contributed by atoms with Crippen molar-refractivity contribution in [2.45, 2.75) is 6.61 Å². The molecule has 0 unspecified atom stereocenters. The van der Waals surface area contributed by atoms with E-state index in [1.165, 1.54) is 0 Å². The second-order valence-corrected chi connectivity index (χ2v) is 14.9. The molecule has 0 aliphatic rings. The van der Waals surface area contributed by atoms with Crippen LogP contribution in [0.5, 0.6) is 28.7 Å². The van der Waals surface area contributed by atoms with Crippen molar-refractivity contribution in [2.75, 3.05) is 0 Å². The zero-order valence-electron chi connectivity index (χ0n) is 29.5. The lowest BCUT2D eigenvalue weighted by atomic mass is 10.1. The Morgan fingerprint density at radius 1 is 0.291 bits per heavy atom. The molecule has 8 heteroatoms. The van der Waals surface area contributed by atoms with Gasteiger partial charge in [0.25, 0.3) is 0 Å². The quantitative estimate of drug-likeness (QED) is 0.109. The normalized spacial score (nSPS) is 11.4. The van der Waals surface area contributed by atoms with E-state index < -0.39 is 17.2 Å². The summed E-state index contributed by atoms with van der Waals surface area (Å²) >= 11 is 0. The Kier molecular flexibility index (Phi) is 10.1. The zero-order valence-corrected chi connectivity index (χ0v) is 31.3. The van der Waals surface area contributed by atoms with Gasteiger partial charge in [-0.3, -0.25) is 4.52 Å². The van der Waals surface area contributed by atoms with Crippen LogP contribution in [0.15, 0.2) is 194 Å². The van der Waals surface area contributed by atoms with Crippen molar-refractivity contribution in [3.8, 4) is 28.7 Å². The second kappa shape index (κ2) is 16.1. The van der Waals surface area contributed by atoms with Crippen LogP contribution in [0.4, 0.5) is 0 Å². The fourth-order valence-corrected chi connectivity index (χ4v) is 8.26. The van der Waals surface area contributed by atoms with Crippen LogP contribution in [0.1, 0.15) is 5.56 Å². The van der Waals surface area contributed by atoms with Crippen molar-refractivity contribution in [1.29, 1.82) is 0 Å². The Bertz CT molecular complexity index is 2590. The summed E-state index contributed by atoms with van der Waals surface area (Å²) in [6, 6.07) is 64.2. The maximum Gasteiger partial charge on any atom is 0.530 e. The van der Waals surface area contributed by atoms with Crippen molar-refractivity contribution >= 4 is 60.3 Å². The standard InChI is InChI=1S/C47H34O6P2/c1-5-15-38-29-43(25-21-34(38)11-1)49-54(50-44-26-22-35-12-2-6-16-39(35)30-44)48-33-42-19-9-10-20-47(42)53-55(51-45-27-23-36-13-3-7-17-40(36)31-45)52-46-28-24-37-14-4-8-18-41(37)32-46/h1-32H,33H2. The molecule has 0 radical (unpaired) electrons. The molecule has 9 aromatic carbocycles. The third-order valence-electron chi connectivity index (χ3n) is 9.07. The van der Waals surface area contributed by atoms with Crippen LogP contribution in [0.3, 0.4) is 0 Å². The number of hydrogen-bond donors (Lipinski definition) is 0. The summed E-state index contributed by atoms with van der Waals surface area (Å²) in [4.78, 5) is 0. The van der Waals surface area contributed by atoms with Gasteiger partial charge in [0.1, 0.15) is 28.7 Å². The molecule has 268 valence electrons. The van der Waals surface area contributed by atoms with Crippen LogP contribution >= 0.6 is 17.2 Å². The Morgan fingerprint density at radius 3 is 1.02 bits per heavy atom. The maximum absolute atomic E-state index is 6.61. The summed E-state index contributed by atoms with van der Waals surface area (Å²) in [5.41, 5.74) is 0.774. The lowest BCUT2D eigenvalue weighted by Gasteiger charge is -2.21. The molecule has 0 saturated carbocycles. The van der Waals surface area contributed by atoms with Crippen molar-refractivity contribution < 1.29 is 27.1 Å². The fraction of sp³-hybridized carbons (Fsp3) is 0.0213. The Labute approximate surface area is 321 Å². The molecule has 0 aliphatic carbocycles. The van der Waals surface area contributed by atoms with Crippen molar-refractivity contribution in [3.05, 3.63) is 200 Å². The van der Waals surface area contributed by atoms with Crippen molar-refractivity contribution in [3.63, 3.8) is 0 Å². The molecule has 0 bridgehead atoms. The number of fused-ring (bicyclic) bond motifs is 4. The lowest BCUT2D eigenvalue weighted by molar-refractivity contribution is 0.254. The largest absolute Gasteiger partial charge is 0.530 e. The van der Waals surface area contributed by atoms with E-state index in [-0.39, 0.29) is 6.61 Å². The van der Waals surface area contributed by atoms with Gasteiger partial charge in [-0.05, 0) is 97.7 Å². The van der Waals surface area contributed by atoms with E-state index in [1.54, 1.807) is 0 Å². The minimum Gasteiger partial charge on any atom is -0.418 e. The zero-order chi connectivity index (χ0) is 36.8.